The first-order valence-electron chi connectivity index (χ1n) is 9.36. The van der Waals surface area contributed by atoms with Crippen LogP contribution >= 0.6 is 23.4 Å². The van der Waals surface area contributed by atoms with Crippen LogP contribution in [0.2, 0.25) is 5.02 Å². The summed E-state index contributed by atoms with van der Waals surface area (Å²) in [5, 5.41) is 3.60. The van der Waals surface area contributed by atoms with Gasteiger partial charge in [-0.2, -0.15) is 8.42 Å². The second-order valence-corrected chi connectivity index (χ2v) is 9.68. The van der Waals surface area contributed by atoms with E-state index >= 15 is 0 Å². The van der Waals surface area contributed by atoms with Crippen molar-refractivity contribution in [2.24, 2.45) is 4.40 Å². The number of carbonyl (C=O) groups is 1. The summed E-state index contributed by atoms with van der Waals surface area (Å²) < 4.78 is 29.4. The van der Waals surface area contributed by atoms with E-state index in [1.54, 1.807) is 48.5 Å². The Bertz CT molecular complexity index is 1230. The van der Waals surface area contributed by atoms with Gasteiger partial charge < -0.3 is 10.2 Å². The maximum atomic E-state index is 12.7. The van der Waals surface area contributed by atoms with Crippen LogP contribution in [0, 0.1) is 0 Å². The van der Waals surface area contributed by atoms with Gasteiger partial charge in [-0.1, -0.05) is 65.8 Å². The number of halogens is 1. The summed E-state index contributed by atoms with van der Waals surface area (Å²) in [5.41, 5.74) is 2.15. The summed E-state index contributed by atoms with van der Waals surface area (Å²) in [4.78, 5) is 14.4. The van der Waals surface area contributed by atoms with Crippen LogP contribution in [0.15, 0.2) is 88.2 Å². The van der Waals surface area contributed by atoms with Crippen molar-refractivity contribution in [3.05, 3.63) is 89.4 Å². The van der Waals surface area contributed by atoms with Crippen molar-refractivity contribution in [3.8, 4) is 0 Å². The molecule has 0 radical (unpaired) electrons. The number of sulfonamides is 1. The van der Waals surface area contributed by atoms with Gasteiger partial charge >= 0.3 is 0 Å². The molecule has 3 aromatic carbocycles. The highest BCUT2D eigenvalue weighted by atomic mass is 35.5. The minimum atomic E-state index is -3.85. The van der Waals surface area contributed by atoms with Crippen molar-refractivity contribution in [2.45, 2.75) is 11.4 Å². The number of para-hydroxylation sites is 1. The molecule has 158 valence electrons. The van der Waals surface area contributed by atoms with E-state index in [0.717, 1.165) is 17.3 Å². The molecule has 0 atom stereocenters. The van der Waals surface area contributed by atoms with E-state index < -0.39 is 10.0 Å². The highest BCUT2D eigenvalue weighted by Gasteiger charge is 2.31. The lowest BCUT2D eigenvalue weighted by atomic mass is 10.2. The molecule has 0 saturated heterocycles. The van der Waals surface area contributed by atoms with Crippen LogP contribution in [0.1, 0.15) is 5.56 Å². The molecule has 1 aliphatic heterocycles. The lowest BCUT2D eigenvalue weighted by molar-refractivity contribution is -0.113. The Kier molecular flexibility index (Phi) is 6.31. The monoisotopic (exact) mass is 471 g/mol. The molecule has 0 saturated carbocycles. The first-order chi connectivity index (χ1) is 14.9. The Morgan fingerprint density at radius 3 is 2.39 bits per heavy atom. The molecule has 0 aromatic heterocycles. The van der Waals surface area contributed by atoms with E-state index in [-0.39, 0.29) is 21.7 Å². The Morgan fingerprint density at radius 1 is 0.968 bits per heavy atom. The fraction of sp³-hybridized carbons (Fsp3) is 0.0909. The van der Waals surface area contributed by atoms with Crippen LogP contribution in [0.5, 0.6) is 0 Å². The zero-order chi connectivity index (χ0) is 21.8. The molecule has 0 bridgehead atoms. The summed E-state index contributed by atoms with van der Waals surface area (Å²) in [5.74, 6) is -0.268. The summed E-state index contributed by atoms with van der Waals surface area (Å²) in [7, 11) is -3.85. The number of nitrogens with zero attached hydrogens (tertiary/aromatic N) is 2. The molecule has 9 heteroatoms. The average molecular weight is 472 g/mol. The number of hydrogen-bond donors (Lipinski definition) is 1. The maximum absolute atomic E-state index is 12.7. The molecule has 1 aliphatic rings. The van der Waals surface area contributed by atoms with Gasteiger partial charge in [-0.3, -0.25) is 4.79 Å². The van der Waals surface area contributed by atoms with Crippen LogP contribution in [-0.2, 0) is 21.4 Å². The van der Waals surface area contributed by atoms with Crippen LogP contribution in [0.4, 0.5) is 11.4 Å². The molecule has 1 amide bonds. The zero-order valence-electron chi connectivity index (χ0n) is 16.2. The molecule has 0 fully saturated rings. The minimum absolute atomic E-state index is 0.00440. The topological polar surface area (TPSA) is 78.8 Å². The summed E-state index contributed by atoms with van der Waals surface area (Å²) in [6.07, 6.45) is 0. The number of amidine groups is 1. The largest absolute Gasteiger partial charge is 0.325 e. The van der Waals surface area contributed by atoms with Crippen molar-refractivity contribution >= 4 is 55.8 Å². The molecule has 4 rings (SSSR count). The zero-order valence-corrected chi connectivity index (χ0v) is 18.6. The molecule has 0 aliphatic carbocycles. The maximum Gasteiger partial charge on any atom is 0.286 e. The molecule has 3 aromatic rings. The van der Waals surface area contributed by atoms with Crippen LogP contribution < -0.4 is 10.2 Å². The van der Waals surface area contributed by atoms with Gasteiger partial charge in [0.1, 0.15) is 4.90 Å². The van der Waals surface area contributed by atoms with Crippen LogP contribution in [0.25, 0.3) is 0 Å². The number of benzene rings is 3. The third kappa shape index (κ3) is 5.10. The van der Waals surface area contributed by atoms with Crippen molar-refractivity contribution in [2.75, 3.05) is 16.0 Å². The first kappa shape index (κ1) is 21.4. The highest BCUT2D eigenvalue weighted by molar-refractivity contribution is 8.15. The van der Waals surface area contributed by atoms with Gasteiger partial charge in [0.15, 0.2) is 5.17 Å². The normalized spacial score (nSPS) is 14.5. The van der Waals surface area contributed by atoms with Crippen LogP contribution in [-0.4, -0.2) is 25.2 Å². The van der Waals surface area contributed by atoms with Crippen molar-refractivity contribution < 1.29 is 13.2 Å². The number of amides is 1. The molecule has 1 heterocycles. The van der Waals surface area contributed by atoms with Crippen molar-refractivity contribution in [1.29, 1.82) is 0 Å². The number of fused-ring (bicyclic) bond motifs is 1. The molecule has 1 N–H and O–H groups in total. The third-order valence-corrected chi connectivity index (χ3v) is 7.17. The molecule has 31 heavy (non-hydrogen) atoms. The van der Waals surface area contributed by atoms with Crippen molar-refractivity contribution in [1.82, 2.24) is 0 Å². The van der Waals surface area contributed by atoms with E-state index in [9.17, 15) is 13.2 Å². The standard InChI is InChI=1S/C22H18ClN3O3S2/c23-17-10-12-18(13-11-17)24-21(27)15-30-22-25-31(28,29)20-9-5-4-8-19(20)26(22)14-16-6-2-1-3-7-16/h1-13H,14-15H2,(H,24,27). The predicted octanol–water partition coefficient (Wildman–Crippen LogP) is 4.78. The van der Waals surface area contributed by atoms with Gasteiger partial charge in [0, 0.05) is 10.7 Å². The molecular formula is C22H18ClN3O3S2. The van der Waals surface area contributed by atoms with E-state index in [0.29, 0.717) is 22.9 Å². The minimum Gasteiger partial charge on any atom is -0.325 e. The number of carbonyl (C=O) groups excluding carboxylic acids is 1. The van der Waals surface area contributed by atoms with Gasteiger partial charge in [0.2, 0.25) is 5.91 Å². The van der Waals surface area contributed by atoms with Gasteiger partial charge in [0.05, 0.1) is 18.0 Å². The summed E-state index contributed by atoms with van der Waals surface area (Å²) in [6.45, 7) is 0.429. The molecule has 0 unspecified atom stereocenters. The van der Waals surface area contributed by atoms with Gasteiger partial charge in [0.25, 0.3) is 10.0 Å². The number of nitrogens with one attached hydrogen (secondary N) is 1. The van der Waals surface area contributed by atoms with Crippen LogP contribution in [0.3, 0.4) is 0 Å². The first-order valence-corrected chi connectivity index (χ1v) is 12.2. The third-order valence-electron chi connectivity index (χ3n) is 4.51. The second kappa shape index (κ2) is 9.13. The Morgan fingerprint density at radius 2 is 1.65 bits per heavy atom. The van der Waals surface area contributed by atoms with Crippen molar-refractivity contribution in [3.63, 3.8) is 0 Å². The fourth-order valence-electron chi connectivity index (χ4n) is 3.09. The Labute approximate surface area is 190 Å². The van der Waals surface area contributed by atoms with Gasteiger partial charge in [-0.15, -0.1) is 4.40 Å². The molecular weight excluding hydrogens is 454 g/mol. The fourth-order valence-corrected chi connectivity index (χ4v) is 5.46. The lowest BCUT2D eigenvalue weighted by Crippen LogP contribution is -2.34. The van der Waals surface area contributed by atoms with E-state index in [2.05, 4.69) is 9.71 Å². The summed E-state index contributed by atoms with van der Waals surface area (Å²) in [6, 6.07) is 23.2. The van der Waals surface area contributed by atoms with E-state index in [4.69, 9.17) is 11.6 Å². The van der Waals surface area contributed by atoms with E-state index in [1.807, 2.05) is 35.2 Å². The molecule has 6 nitrogen and oxygen atoms in total. The lowest BCUT2D eigenvalue weighted by Gasteiger charge is -2.30. The number of hydrogen-bond acceptors (Lipinski definition) is 5. The number of rotatable bonds is 5. The van der Waals surface area contributed by atoms with Gasteiger partial charge in [-0.05, 0) is 42.0 Å². The highest BCUT2D eigenvalue weighted by Crippen LogP contribution is 2.35. The average Bonchev–Trinajstić information content (AvgIpc) is 2.77. The quantitative estimate of drug-likeness (QED) is 0.579. The van der Waals surface area contributed by atoms with E-state index in [1.165, 1.54) is 0 Å². The number of thioether (sulfide) groups is 1. The second-order valence-electron chi connectivity index (χ2n) is 6.73. The Balaban J connectivity index is 1.57. The SMILES string of the molecule is O=C(CSC1=NS(=O)(=O)c2ccccc2N1Cc1ccccc1)Nc1ccc(Cl)cc1. The van der Waals surface area contributed by atoms with Gasteiger partial charge in [-0.25, -0.2) is 0 Å². The smallest absolute Gasteiger partial charge is 0.286 e. The Hall–Kier alpha value is -2.81. The molecule has 0 spiro atoms. The summed E-state index contributed by atoms with van der Waals surface area (Å²) >= 11 is 6.95. The predicted molar refractivity (Wildman–Crippen MR) is 126 cm³/mol. The number of anilines is 2.